The Morgan fingerprint density at radius 3 is 2.65 bits per heavy atom. The molecule has 0 bridgehead atoms. The Bertz CT molecular complexity index is 1750. The van der Waals surface area contributed by atoms with Crippen LogP contribution in [0.5, 0.6) is 0 Å². The number of nitrogen functional groups attached to an aromatic ring is 1. The number of aromatic amines is 1. The minimum absolute atomic E-state index is 0.0554. The SMILES string of the molecule is CS(=O)(=O)NCc1cc(F)cc(-c2nccc3[nH]c(C(=N)c4nc(-c5ccccn5)ccc4N)cc23)c1. The number of hydrogen-bond donors (Lipinski definition) is 4. The van der Waals surface area contributed by atoms with Crippen molar-refractivity contribution in [2.45, 2.75) is 6.54 Å². The molecule has 0 aliphatic rings. The van der Waals surface area contributed by atoms with Crippen molar-refractivity contribution in [1.29, 1.82) is 5.41 Å². The lowest BCUT2D eigenvalue weighted by Gasteiger charge is -2.08. The van der Waals surface area contributed by atoms with Crippen molar-refractivity contribution in [3.05, 3.63) is 95.8 Å². The third kappa shape index (κ3) is 5.22. The summed E-state index contributed by atoms with van der Waals surface area (Å²) in [6.07, 6.45) is 4.29. The molecule has 1 aromatic carbocycles. The van der Waals surface area contributed by atoms with E-state index in [4.69, 9.17) is 11.1 Å². The lowest BCUT2D eigenvalue weighted by Crippen LogP contribution is -2.21. The highest BCUT2D eigenvalue weighted by molar-refractivity contribution is 7.88. The van der Waals surface area contributed by atoms with Crippen LogP contribution in [-0.4, -0.2) is 40.3 Å². The Morgan fingerprint density at radius 2 is 1.89 bits per heavy atom. The molecule has 0 amide bonds. The Balaban J connectivity index is 1.54. The molecule has 0 spiro atoms. The second-order valence-electron chi connectivity index (χ2n) is 8.47. The molecule has 4 heterocycles. The van der Waals surface area contributed by atoms with Crippen molar-refractivity contribution in [3.8, 4) is 22.6 Å². The first kappa shape index (κ1) is 24.2. The summed E-state index contributed by atoms with van der Waals surface area (Å²) in [5.74, 6) is -0.520. The van der Waals surface area contributed by atoms with Crippen molar-refractivity contribution in [2.75, 3.05) is 12.0 Å². The van der Waals surface area contributed by atoms with Crippen molar-refractivity contribution in [1.82, 2.24) is 24.7 Å². The van der Waals surface area contributed by atoms with Crippen LogP contribution in [-0.2, 0) is 16.6 Å². The third-order valence-electron chi connectivity index (χ3n) is 5.68. The fourth-order valence-corrected chi connectivity index (χ4v) is 4.41. The molecule has 0 atom stereocenters. The molecule has 0 aliphatic heterocycles. The molecule has 0 unspecified atom stereocenters. The molecule has 0 fully saturated rings. The molecule has 11 heteroatoms. The first-order chi connectivity index (χ1) is 17.7. The van der Waals surface area contributed by atoms with E-state index in [1.54, 1.807) is 42.7 Å². The van der Waals surface area contributed by atoms with Gasteiger partial charge in [-0.2, -0.15) is 0 Å². The number of pyridine rings is 3. The van der Waals surface area contributed by atoms with Crippen LogP contribution in [0.2, 0.25) is 0 Å². The lowest BCUT2D eigenvalue weighted by molar-refractivity contribution is 0.586. The number of benzene rings is 1. The molecular weight excluding hydrogens is 493 g/mol. The van der Waals surface area contributed by atoms with Crippen molar-refractivity contribution >= 4 is 32.3 Å². The van der Waals surface area contributed by atoms with E-state index in [1.807, 2.05) is 18.2 Å². The summed E-state index contributed by atoms with van der Waals surface area (Å²) in [6, 6.07) is 16.7. The lowest BCUT2D eigenvalue weighted by atomic mass is 10.0. The maximum absolute atomic E-state index is 14.4. The molecule has 0 saturated carbocycles. The fraction of sp³-hybridized carbons (Fsp3) is 0.0769. The number of aromatic nitrogens is 4. The number of anilines is 1. The zero-order chi connectivity index (χ0) is 26.2. The summed E-state index contributed by atoms with van der Waals surface area (Å²) in [5.41, 5.74) is 10.7. The topological polar surface area (TPSA) is 150 Å². The molecule has 4 aromatic heterocycles. The summed E-state index contributed by atoms with van der Waals surface area (Å²) in [4.78, 5) is 16.5. The smallest absolute Gasteiger partial charge is 0.209 e. The quantitative estimate of drug-likeness (QED) is 0.242. The van der Waals surface area contributed by atoms with Gasteiger partial charge < -0.3 is 10.7 Å². The van der Waals surface area contributed by atoms with E-state index in [-0.39, 0.29) is 12.3 Å². The van der Waals surface area contributed by atoms with Gasteiger partial charge in [-0.3, -0.25) is 15.4 Å². The van der Waals surface area contributed by atoms with Gasteiger partial charge in [-0.15, -0.1) is 0 Å². The van der Waals surface area contributed by atoms with E-state index in [1.165, 1.54) is 12.1 Å². The number of H-pyrrole nitrogens is 1. The Kier molecular flexibility index (Phi) is 6.24. The maximum atomic E-state index is 14.4. The number of halogens is 1. The summed E-state index contributed by atoms with van der Waals surface area (Å²) >= 11 is 0. The molecule has 0 radical (unpaired) electrons. The number of nitrogens with zero attached hydrogens (tertiary/aromatic N) is 3. The normalized spacial score (nSPS) is 11.6. The standard InChI is InChI=1S/C26H22FN7O2S/c1-37(35,36)32-14-15-10-16(12-17(27)11-15)25-18-13-23(33-20(18)7-9-31-25)24(29)26-19(28)5-6-22(34-26)21-4-2-3-8-30-21/h2-13,29,32-33H,14,28H2,1H3. The maximum Gasteiger partial charge on any atom is 0.209 e. The number of hydrogen-bond acceptors (Lipinski definition) is 7. The second kappa shape index (κ2) is 9.52. The minimum Gasteiger partial charge on any atom is -0.397 e. The Labute approximate surface area is 212 Å². The van der Waals surface area contributed by atoms with Crippen LogP contribution in [0.3, 0.4) is 0 Å². The van der Waals surface area contributed by atoms with Crippen molar-refractivity contribution in [3.63, 3.8) is 0 Å². The van der Waals surface area contributed by atoms with Gasteiger partial charge in [-0.25, -0.2) is 22.5 Å². The second-order valence-corrected chi connectivity index (χ2v) is 10.3. The molecular formula is C26H22FN7O2S. The van der Waals surface area contributed by atoms with Crippen LogP contribution >= 0.6 is 0 Å². The van der Waals surface area contributed by atoms with Gasteiger partial charge in [0.25, 0.3) is 0 Å². The minimum atomic E-state index is -3.44. The van der Waals surface area contributed by atoms with Gasteiger partial charge in [-0.05, 0) is 60.2 Å². The van der Waals surface area contributed by atoms with Crippen molar-refractivity contribution in [2.24, 2.45) is 0 Å². The molecule has 0 saturated heterocycles. The molecule has 5 aromatic rings. The van der Waals surface area contributed by atoms with Crippen LogP contribution in [0.15, 0.2) is 73.1 Å². The highest BCUT2D eigenvalue weighted by Gasteiger charge is 2.17. The fourth-order valence-electron chi connectivity index (χ4n) is 3.98. The van der Waals surface area contributed by atoms with E-state index >= 15 is 0 Å². The summed E-state index contributed by atoms with van der Waals surface area (Å²) in [6.45, 7) is -0.0554. The van der Waals surface area contributed by atoms with Crippen LogP contribution in [0.25, 0.3) is 33.5 Å². The van der Waals surface area contributed by atoms with E-state index in [0.717, 1.165) is 6.26 Å². The van der Waals surface area contributed by atoms with Crippen LogP contribution < -0.4 is 10.5 Å². The number of nitrogens with two attached hydrogens (primary N) is 1. The Hall–Kier alpha value is -4.48. The molecule has 37 heavy (non-hydrogen) atoms. The van der Waals surface area contributed by atoms with E-state index in [2.05, 4.69) is 24.7 Å². The summed E-state index contributed by atoms with van der Waals surface area (Å²) in [7, 11) is -3.44. The van der Waals surface area contributed by atoms with Gasteiger partial charge in [-0.1, -0.05) is 6.07 Å². The van der Waals surface area contributed by atoms with Gasteiger partial charge >= 0.3 is 0 Å². The molecule has 0 aliphatic carbocycles. The first-order valence-corrected chi connectivity index (χ1v) is 13.1. The van der Waals surface area contributed by atoms with Gasteiger partial charge in [0.05, 0.1) is 34.7 Å². The van der Waals surface area contributed by atoms with E-state index in [0.29, 0.717) is 56.2 Å². The van der Waals surface area contributed by atoms with Crippen LogP contribution in [0, 0.1) is 11.2 Å². The third-order valence-corrected chi connectivity index (χ3v) is 6.35. The molecule has 5 rings (SSSR count). The average molecular weight is 516 g/mol. The number of rotatable bonds is 7. The predicted molar refractivity (Wildman–Crippen MR) is 141 cm³/mol. The largest absolute Gasteiger partial charge is 0.397 e. The average Bonchev–Trinajstić information content (AvgIpc) is 3.32. The summed E-state index contributed by atoms with van der Waals surface area (Å²) in [5, 5.41) is 9.48. The van der Waals surface area contributed by atoms with Gasteiger partial charge in [0.15, 0.2) is 0 Å². The molecule has 5 N–H and O–H groups in total. The van der Waals surface area contributed by atoms with Gasteiger partial charge in [0, 0.05) is 35.4 Å². The monoisotopic (exact) mass is 515 g/mol. The zero-order valence-electron chi connectivity index (χ0n) is 19.7. The number of fused-ring (bicyclic) bond motifs is 1. The zero-order valence-corrected chi connectivity index (χ0v) is 20.5. The van der Waals surface area contributed by atoms with Crippen LogP contribution in [0.1, 0.15) is 17.0 Å². The highest BCUT2D eigenvalue weighted by atomic mass is 32.2. The van der Waals surface area contributed by atoms with Gasteiger partial charge in [0.1, 0.15) is 17.2 Å². The van der Waals surface area contributed by atoms with E-state index in [9.17, 15) is 12.8 Å². The van der Waals surface area contributed by atoms with E-state index < -0.39 is 15.8 Å². The Morgan fingerprint density at radius 1 is 1.05 bits per heavy atom. The predicted octanol–water partition coefficient (Wildman–Crippen LogP) is 3.87. The summed E-state index contributed by atoms with van der Waals surface area (Å²) < 4.78 is 39.7. The molecule has 9 nitrogen and oxygen atoms in total. The molecule has 186 valence electrons. The van der Waals surface area contributed by atoms with Crippen molar-refractivity contribution < 1.29 is 12.8 Å². The highest BCUT2D eigenvalue weighted by Crippen LogP contribution is 2.30. The number of sulfonamides is 1. The van der Waals surface area contributed by atoms with Gasteiger partial charge in [0.2, 0.25) is 10.0 Å². The van der Waals surface area contributed by atoms with Crippen LogP contribution in [0.4, 0.5) is 10.1 Å². The number of nitrogens with one attached hydrogen (secondary N) is 3. The first-order valence-electron chi connectivity index (χ1n) is 11.2.